The fraction of sp³-hybridized carbons (Fsp3) is 0.0833. The highest BCUT2D eigenvalue weighted by atomic mass is 35.5. The van der Waals surface area contributed by atoms with Crippen molar-refractivity contribution in [2.75, 3.05) is 0 Å². The van der Waals surface area contributed by atoms with Gasteiger partial charge in [0, 0.05) is 5.02 Å². The minimum absolute atomic E-state index is 0.145. The van der Waals surface area contributed by atoms with Crippen LogP contribution in [0, 0.1) is 5.82 Å². The summed E-state index contributed by atoms with van der Waals surface area (Å²) in [5.41, 5.74) is 0.837. The Bertz CT molecular complexity index is 1290. The van der Waals surface area contributed by atoms with E-state index < -0.39 is 17.9 Å². The van der Waals surface area contributed by atoms with Crippen molar-refractivity contribution in [2.24, 2.45) is 0 Å². The molecule has 0 N–H and O–H groups in total. The maximum absolute atomic E-state index is 13.9. The molecule has 0 aliphatic rings. The summed E-state index contributed by atoms with van der Waals surface area (Å²) in [6, 6.07) is 18.7. The first-order valence-electron chi connectivity index (χ1n) is 9.22. The zero-order chi connectivity index (χ0) is 21.3. The van der Waals surface area contributed by atoms with Crippen molar-refractivity contribution in [2.45, 2.75) is 13.0 Å². The third-order valence-corrected chi connectivity index (χ3v) is 4.92. The van der Waals surface area contributed by atoms with E-state index in [2.05, 4.69) is 0 Å². The number of benzene rings is 3. The largest absolute Gasteiger partial charge is 0.456 e. The Kier molecular flexibility index (Phi) is 5.38. The molecule has 0 aliphatic heterocycles. The molecule has 150 valence electrons. The van der Waals surface area contributed by atoms with Crippen LogP contribution in [0.15, 0.2) is 82.0 Å². The molecule has 0 saturated carbocycles. The standard InChI is InChI=1S/C24H16ClFO4/c1-14(29-24(28)15-9-11-17(25)12-10-15)23-21(16-5-4-6-18(26)13-16)22(27)19-7-2-3-8-20(19)30-23/h2-14H,1H3. The van der Waals surface area contributed by atoms with Crippen LogP contribution in [0.1, 0.15) is 29.1 Å². The number of rotatable bonds is 4. The van der Waals surface area contributed by atoms with Crippen LogP contribution in [0.3, 0.4) is 0 Å². The molecule has 0 aliphatic carbocycles. The van der Waals surface area contributed by atoms with Gasteiger partial charge in [-0.25, -0.2) is 9.18 Å². The molecule has 0 fully saturated rings. The summed E-state index contributed by atoms with van der Waals surface area (Å²) < 4.78 is 25.4. The number of hydrogen-bond acceptors (Lipinski definition) is 4. The van der Waals surface area contributed by atoms with Gasteiger partial charge in [-0.05, 0) is 61.0 Å². The fourth-order valence-electron chi connectivity index (χ4n) is 3.23. The number of fused-ring (bicyclic) bond motifs is 1. The average Bonchev–Trinajstić information content (AvgIpc) is 2.74. The summed E-state index contributed by atoms with van der Waals surface area (Å²) in [5, 5.41) is 0.852. The maximum Gasteiger partial charge on any atom is 0.338 e. The highest BCUT2D eigenvalue weighted by molar-refractivity contribution is 6.30. The maximum atomic E-state index is 13.9. The van der Waals surface area contributed by atoms with Crippen LogP contribution in [0.25, 0.3) is 22.1 Å². The van der Waals surface area contributed by atoms with E-state index in [1.807, 2.05) is 0 Å². The molecule has 30 heavy (non-hydrogen) atoms. The zero-order valence-electron chi connectivity index (χ0n) is 15.9. The van der Waals surface area contributed by atoms with Gasteiger partial charge in [-0.2, -0.15) is 0 Å². The third-order valence-electron chi connectivity index (χ3n) is 4.67. The Hall–Kier alpha value is -3.44. The Morgan fingerprint density at radius 2 is 1.77 bits per heavy atom. The lowest BCUT2D eigenvalue weighted by atomic mass is 10.00. The van der Waals surface area contributed by atoms with E-state index in [-0.39, 0.29) is 16.8 Å². The summed E-state index contributed by atoms with van der Waals surface area (Å²) in [7, 11) is 0. The van der Waals surface area contributed by atoms with Gasteiger partial charge < -0.3 is 9.15 Å². The molecule has 0 spiro atoms. The zero-order valence-corrected chi connectivity index (χ0v) is 16.7. The number of ether oxygens (including phenoxy) is 1. The van der Waals surface area contributed by atoms with Gasteiger partial charge in [0.25, 0.3) is 0 Å². The Morgan fingerprint density at radius 3 is 2.50 bits per heavy atom. The van der Waals surface area contributed by atoms with Gasteiger partial charge in [0.1, 0.15) is 11.4 Å². The minimum Gasteiger partial charge on any atom is -0.456 e. The van der Waals surface area contributed by atoms with Crippen LogP contribution in [0.2, 0.25) is 5.02 Å². The van der Waals surface area contributed by atoms with Crippen LogP contribution >= 0.6 is 11.6 Å². The third kappa shape index (κ3) is 3.84. The van der Waals surface area contributed by atoms with Crippen molar-refractivity contribution in [3.8, 4) is 11.1 Å². The molecular weight excluding hydrogens is 407 g/mol. The summed E-state index contributed by atoms with van der Waals surface area (Å²) in [5.74, 6) is -0.941. The number of para-hydroxylation sites is 1. The minimum atomic E-state index is -0.899. The van der Waals surface area contributed by atoms with Crippen LogP contribution in [0.5, 0.6) is 0 Å². The lowest BCUT2D eigenvalue weighted by molar-refractivity contribution is 0.0294. The molecule has 1 heterocycles. The van der Waals surface area contributed by atoms with Crippen molar-refractivity contribution < 1.29 is 18.3 Å². The summed E-state index contributed by atoms with van der Waals surface area (Å²) in [6.07, 6.45) is -0.899. The molecule has 0 radical (unpaired) electrons. The first kappa shape index (κ1) is 19.9. The second kappa shape index (κ2) is 8.13. The smallest absolute Gasteiger partial charge is 0.338 e. The molecule has 1 atom stereocenters. The fourth-order valence-corrected chi connectivity index (χ4v) is 3.36. The normalized spacial score (nSPS) is 12.0. The molecule has 1 unspecified atom stereocenters. The number of carbonyl (C=O) groups is 1. The van der Waals surface area contributed by atoms with Crippen molar-refractivity contribution in [1.29, 1.82) is 0 Å². The van der Waals surface area contributed by atoms with Crippen LogP contribution in [-0.4, -0.2) is 5.97 Å². The summed E-state index contributed by atoms with van der Waals surface area (Å²) >= 11 is 5.86. The highest BCUT2D eigenvalue weighted by Crippen LogP contribution is 2.31. The van der Waals surface area contributed by atoms with E-state index in [0.717, 1.165) is 0 Å². The second-order valence-electron chi connectivity index (χ2n) is 6.73. The Balaban J connectivity index is 1.82. The van der Waals surface area contributed by atoms with E-state index in [4.69, 9.17) is 20.8 Å². The van der Waals surface area contributed by atoms with Gasteiger partial charge in [0.05, 0.1) is 16.5 Å². The Morgan fingerprint density at radius 1 is 1.03 bits per heavy atom. The van der Waals surface area contributed by atoms with E-state index in [1.54, 1.807) is 61.5 Å². The first-order valence-corrected chi connectivity index (χ1v) is 9.60. The number of esters is 1. The van der Waals surface area contributed by atoms with Crippen LogP contribution in [0.4, 0.5) is 4.39 Å². The first-order chi connectivity index (χ1) is 14.4. The predicted molar refractivity (Wildman–Crippen MR) is 113 cm³/mol. The molecular formula is C24H16ClFO4. The molecule has 6 heteroatoms. The van der Waals surface area contributed by atoms with E-state index in [9.17, 15) is 14.0 Å². The lowest BCUT2D eigenvalue weighted by Crippen LogP contribution is -2.15. The van der Waals surface area contributed by atoms with Gasteiger partial charge in [0.2, 0.25) is 5.43 Å². The molecule has 4 aromatic rings. The van der Waals surface area contributed by atoms with Gasteiger partial charge in [-0.3, -0.25) is 4.79 Å². The molecule has 4 rings (SSSR count). The van der Waals surface area contributed by atoms with Crippen molar-refractivity contribution in [3.05, 3.63) is 105 Å². The number of carbonyl (C=O) groups excluding carboxylic acids is 1. The topological polar surface area (TPSA) is 56.5 Å². The van der Waals surface area contributed by atoms with E-state index in [1.165, 1.54) is 18.2 Å². The number of hydrogen-bond donors (Lipinski definition) is 0. The van der Waals surface area contributed by atoms with Gasteiger partial charge >= 0.3 is 5.97 Å². The van der Waals surface area contributed by atoms with E-state index in [0.29, 0.717) is 27.1 Å². The van der Waals surface area contributed by atoms with Gasteiger partial charge in [-0.15, -0.1) is 0 Å². The molecule has 3 aromatic carbocycles. The SMILES string of the molecule is CC(OC(=O)c1ccc(Cl)cc1)c1oc2ccccc2c(=O)c1-c1cccc(F)c1. The quantitative estimate of drug-likeness (QED) is 0.369. The van der Waals surface area contributed by atoms with Crippen molar-refractivity contribution >= 4 is 28.5 Å². The lowest BCUT2D eigenvalue weighted by Gasteiger charge is -2.17. The van der Waals surface area contributed by atoms with Crippen LogP contribution < -0.4 is 5.43 Å². The summed E-state index contributed by atoms with van der Waals surface area (Å²) in [4.78, 5) is 25.8. The molecule has 1 aromatic heterocycles. The second-order valence-corrected chi connectivity index (χ2v) is 7.17. The van der Waals surface area contributed by atoms with Gasteiger partial charge in [-0.1, -0.05) is 35.9 Å². The van der Waals surface area contributed by atoms with Crippen molar-refractivity contribution in [3.63, 3.8) is 0 Å². The van der Waals surface area contributed by atoms with E-state index >= 15 is 0 Å². The molecule has 0 amide bonds. The number of halogens is 2. The monoisotopic (exact) mass is 422 g/mol. The summed E-state index contributed by atoms with van der Waals surface area (Å²) in [6.45, 7) is 1.60. The Labute approximate surface area is 176 Å². The molecule has 0 saturated heterocycles. The average molecular weight is 423 g/mol. The molecule has 4 nitrogen and oxygen atoms in total. The highest BCUT2D eigenvalue weighted by Gasteiger charge is 2.24. The van der Waals surface area contributed by atoms with Gasteiger partial charge in [0.15, 0.2) is 11.9 Å². The molecule has 0 bridgehead atoms. The van der Waals surface area contributed by atoms with Crippen LogP contribution in [-0.2, 0) is 4.74 Å². The van der Waals surface area contributed by atoms with Crippen molar-refractivity contribution in [1.82, 2.24) is 0 Å². The predicted octanol–water partition coefficient (Wildman–Crippen LogP) is 6.17.